The first kappa shape index (κ1) is 22.7. The van der Waals surface area contributed by atoms with Gasteiger partial charge in [0.2, 0.25) is 0 Å². The Bertz CT molecular complexity index is 800. The van der Waals surface area contributed by atoms with Gasteiger partial charge in [0.25, 0.3) is 11.8 Å². The van der Waals surface area contributed by atoms with E-state index >= 15 is 0 Å². The molecule has 1 aliphatic rings. The van der Waals surface area contributed by atoms with E-state index in [2.05, 4.69) is 10.6 Å². The number of hydrogen-bond donors (Lipinski definition) is 2. The fourth-order valence-electron chi connectivity index (χ4n) is 2.98. The first-order valence-corrected chi connectivity index (χ1v) is 9.90. The Kier molecular flexibility index (Phi) is 7.61. The van der Waals surface area contributed by atoms with Crippen LogP contribution in [-0.2, 0) is 25.7 Å². The number of carbonyl (C=O) groups is 4. The molecule has 4 amide bonds. The second-order valence-electron chi connectivity index (χ2n) is 7.20. The molecule has 0 aliphatic carbocycles. The van der Waals surface area contributed by atoms with Gasteiger partial charge in [-0.15, -0.1) is 0 Å². The number of nitrogens with zero attached hydrogens (tertiary/aromatic N) is 1. The van der Waals surface area contributed by atoms with Crippen LogP contribution in [0.15, 0.2) is 24.3 Å². The number of imide groups is 1. The summed E-state index contributed by atoms with van der Waals surface area (Å²) in [4.78, 5) is 49.8. The van der Waals surface area contributed by atoms with Crippen molar-refractivity contribution in [1.29, 1.82) is 0 Å². The Balaban J connectivity index is 1.86. The van der Waals surface area contributed by atoms with Crippen molar-refractivity contribution in [3.8, 4) is 0 Å². The maximum atomic E-state index is 12.5. The van der Waals surface area contributed by atoms with Crippen LogP contribution in [0.25, 0.3) is 0 Å². The summed E-state index contributed by atoms with van der Waals surface area (Å²) in [6.45, 7) is 4.67. The van der Waals surface area contributed by atoms with E-state index in [0.29, 0.717) is 11.4 Å². The van der Waals surface area contributed by atoms with E-state index < -0.39 is 42.0 Å². The summed E-state index contributed by atoms with van der Waals surface area (Å²) in [6.07, 6.45) is 1.04. The quantitative estimate of drug-likeness (QED) is 0.468. The van der Waals surface area contributed by atoms with Crippen molar-refractivity contribution in [2.75, 3.05) is 6.54 Å². The number of ether oxygens (including phenoxy) is 1. The standard InChI is InChI=1S/C20H26ClN3O5/c1-4-5-10-20(3)18(27)24(19(28)23-20)12-16(25)29-13(2)17(26)22-11-14-8-6-7-9-15(14)21/h6-9,13H,4-5,10-12H2,1-3H3,(H,22,26)(H,23,28)/t13-,20+/m1/s1. The molecule has 158 valence electrons. The number of unbranched alkanes of at least 4 members (excludes halogenated alkanes) is 1. The largest absolute Gasteiger partial charge is 0.451 e. The molecule has 2 N–H and O–H groups in total. The van der Waals surface area contributed by atoms with Crippen LogP contribution in [0.2, 0.25) is 5.02 Å². The first-order chi connectivity index (χ1) is 13.7. The SMILES string of the molecule is CCCC[C@]1(C)NC(=O)N(CC(=O)O[C@H](C)C(=O)NCc2ccccc2Cl)C1=O. The van der Waals surface area contributed by atoms with Gasteiger partial charge in [0, 0.05) is 11.6 Å². The molecule has 1 aromatic rings. The Labute approximate surface area is 174 Å². The van der Waals surface area contributed by atoms with Crippen molar-refractivity contribution in [3.05, 3.63) is 34.9 Å². The van der Waals surface area contributed by atoms with Gasteiger partial charge < -0.3 is 15.4 Å². The average molecular weight is 424 g/mol. The van der Waals surface area contributed by atoms with Crippen LogP contribution in [0.4, 0.5) is 4.79 Å². The Morgan fingerprint density at radius 1 is 1.31 bits per heavy atom. The number of urea groups is 1. The van der Waals surface area contributed by atoms with Crippen molar-refractivity contribution < 1.29 is 23.9 Å². The number of benzene rings is 1. The van der Waals surface area contributed by atoms with Gasteiger partial charge in [-0.25, -0.2) is 4.79 Å². The summed E-state index contributed by atoms with van der Waals surface area (Å²) in [5, 5.41) is 5.78. The molecule has 1 fully saturated rings. The molecule has 0 radical (unpaired) electrons. The number of halogens is 1. The molecule has 2 atom stereocenters. The molecule has 0 spiro atoms. The lowest BCUT2D eigenvalue weighted by Crippen LogP contribution is -2.44. The van der Waals surface area contributed by atoms with Crippen LogP contribution < -0.4 is 10.6 Å². The van der Waals surface area contributed by atoms with Gasteiger partial charge in [-0.3, -0.25) is 19.3 Å². The zero-order valence-corrected chi connectivity index (χ0v) is 17.5. The summed E-state index contributed by atoms with van der Waals surface area (Å²) in [5.74, 6) is -1.82. The third kappa shape index (κ3) is 5.69. The van der Waals surface area contributed by atoms with Crippen molar-refractivity contribution in [2.45, 2.75) is 58.2 Å². The molecule has 1 heterocycles. The summed E-state index contributed by atoms with van der Waals surface area (Å²) in [7, 11) is 0. The van der Waals surface area contributed by atoms with Gasteiger partial charge in [-0.1, -0.05) is 49.6 Å². The summed E-state index contributed by atoms with van der Waals surface area (Å²) < 4.78 is 5.08. The fourth-order valence-corrected chi connectivity index (χ4v) is 3.18. The number of esters is 1. The highest BCUT2D eigenvalue weighted by Gasteiger charge is 2.48. The Hall–Kier alpha value is -2.61. The third-order valence-electron chi connectivity index (χ3n) is 4.75. The zero-order valence-electron chi connectivity index (χ0n) is 16.8. The average Bonchev–Trinajstić information content (AvgIpc) is 2.88. The number of rotatable bonds is 9. The third-order valence-corrected chi connectivity index (χ3v) is 5.12. The molecular weight excluding hydrogens is 398 g/mol. The normalized spacial score (nSPS) is 19.7. The van der Waals surface area contributed by atoms with Crippen LogP contribution in [0.3, 0.4) is 0 Å². The van der Waals surface area contributed by atoms with Crippen molar-refractivity contribution >= 4 is 35.4 Å². The van der Waals surface area contributed by atoms with E-state index in [1.54, 1.807) is 31.2 Å². The topological polar surface area (TPSA) is 105 Å². The lowest BCUT2D eigenvalue weighted by atomic mass is 9.95. The van der Waals surface area contributed by atoms with Crippen molar-refractivity contribution in [2.24, 2.45) is 0 Å². The van der Waals surface area contributed by atoms with Crippen molar-refractivity contribution in [1.82, 2.24) is 15.5 Å². The minimum absolute atomic E-state index is 0.184. The van der Waals surface area contributed by atoms with E-state index in [0.717, 1.165) is 23.3 Å². The van der Waals surface area contributed by atoms with Gasteiger partial charge in [0.1, 0.15) is 12.1 Å². The molecule has 1 saturated heterocycles. The van der Waals surface area contributed by atoms with Gasteiger partial charge in [-0.05, 0) is 31.9 Å². The zero-order chi connectivity index (χ0) is 21.6. The number of carbonyl (C=O) groups excluding carboxylic acids is 4. The predicted molar refractivity (Wildman–Crippen MR) is 107 cm³/mol. The first-order valence-electron chi connectivity index (χ1n) is 9.52. The molecule has 9 heteroatoms. The van der Waals surface area contributed by atoms with E-state index in [4.69, 9.17) is 16.3 Å². The highest BCUT2D eigenvalue weighted by molar-refractivity contribution is 6.31. The highest BCUT2D eigenvalue weighted by atomic mass is 35.5. The van der Waals surface area contributed by atoms with Crippen LogP contribution in [-0.4, -0.2) is 46.9 Å². The monoisotopic (exact) mass is 423 g/mol. The number of amides is 4. The highest BCUT2D eigenvalue weighted by Crippen LogP contribution is 2.23. The maximum absolute atomic E-state index is 12.5. The molecule has 0 bridgehead atoms. The van der Waals surface area contributed by atoms with E-state index in [1.807, 2.05) is 6.92 Å². The smallest absolute Gasteiger partial charge is 0.327 e. The van der Waals surface area contributed by atoms with Crippen LogP contribution in [0, 0.1) is 0 Å². The van der Waals surface area contributed by atoms with Crippen LogP contribution in [0.5, 0.6) is 0 Å². The van der Waals surface area contributed by atoms with Gasteiger partial charge >= 0.3 is 12.0 Å². The fraction of sp³-hybridized carbons (Fsp3) is 0.500. The maximum Gasteiger partial charge on any atom is 0.327 e. The second kappa shape index (κ2) is 9.73. The van der Waals surface area contributed by atoms with Crippen LogP contribution in [0.1, 0.15) is 45.6 Å². The second-order valence-corrected chi connectivity index (χ2v) is 7.61. The Morgan fingerprint density at radius 3 is 2.66 bits per heavy atom. The van der Waals surface area contributed by atoms with Crippen molar-refractivity contribution in [3.63, 3.8) is 0 Å². The molecule has 8 nitrogen and oxygen atoms in total. The van der Waals surface area contributed by atoms with Gasteiger partial charge in [-0.2, -0.15) is 0 Å². The molecular formula is C20H26ClN3O5. The van der Waals surface area contributed by atoms with E-state index in [1.165, 1.54) is 6.92 Å². The van der Waals surface area contributed by atoms with Gasteiger partial charge in [0.15, 0.2) is 6.10 Å². The lowest BCUT2D eigenvalue weighted by molar-refractivity contribution is -0.156. The number of nitrogens with one attached hydrogen (secondary N) is 2. The minimum atomic E-state index is -1.09. The molecule has 0 unspecified atom stereocenters. The molecule has 2 rings (SSSR count). The molecule has 1 aromatic carbocycles. The summed E-state index contributed by atoms with van der Waals surface area (Å²) >= 11 is 6.04. The summed E-state index contributed by atoms with van der Waals surface area (Å²) in [6, 6.07) is 6.41. The van der Waals surface area contributed by atoms with Gasteiger partial charge in [0.05, 0.1) is 0 Å². The summed E-state index contributed by atoms with van der Waals surface area (Å²) in [5.41, 5.74) is -0.294. The minimum Gasteiger partial charge on any atom is -0.451 e. The van der Waals surface area contributed by atoms with Crippen LogP contribution >= 0.6 is 11.6 Å². The molecule has 0 saturated carbocycles. The predicted octanol–water partition coefficient (Wildman–Crippen LogP) is 2.39. The molecule has 1 aliphatic heterocycles. The molecule has 29 heavy (non-hydrogen) atoms. The number of hydrogen-bond acceptors (Lipinski definition) is 5. The lowest BCUT2D eigenvalue weighted by Gasteiger charge is -2.21. The van der Waals surface area contributed by atoms with E-state index in [9.17, 15) is 19.2 Å². The Morgan fingerprint density at radius 2 is 2.00 bits per heavy atom. The molecule has 0 aromatic heterocycles. The van der Waals surface area contributed by atoms with E-state index in [-0.39, 0.29) is 6.54 Å².